The number of hydrogen-bond acceptors (Lipinski definition) is 3. The maximum Gasteiger partial charge on any atom is 0.573 e. The van der Waals surface area contributed by atoms with Crippen molar-refractivity contribution in [1.82, 2.24) is 0 Å². The molecule has 0 aromatic heterocycles. The molecule has 0 spiro atoms. The first kappa shape index (κ1) is 12.7. The van der Waals surface area contributed by atoms with Crippen LogP contribution < -0.4 is 10.5 Å². The molecule has 0 radical (unpaired) electrons. The Kier molecular flexibility index (Phi) is 2.73. The second kappa shape index (κ2) is 3.88. The predicted molar refractivity (Wildman–Crippen MR) is 55.0 cm³/mol. The molecule has 0 aliphatic heterocycles. The lowest BCUT2D eigenvalue weighted by atomic mass is 10.1. The first-order chi connectivity index (χ1) is 8.24. The zero-order valence-electron chi connectivity index (χ0n) is 9.07. The fraction of sp³-hybridized carbons (Fsp3) is 0.364. The van der Waals surface area contributed by atoms with E-state index in [-0.39, 0.29) is 12.0 Å². The molecule has 1 saturated carbocycles. The van der Waals surface area contributed by atoms with Gasteiger partial charge in [0, 0.05) is 11.5 Å². The minimum Gasteiger partial charge on any atom is -0.480 e. The van der Waals surface area contributed by atoms with Gasteiger partial charge in [-0.2, -0.15) is 0 Å². The van der Waals surface area contributed by atoms with E-state index in [0.29, 0.717) is 0 Å². The molecule has 18 heavy (non-hydrogen) atoms. The van der Waals surface area contributed by atoms with Gasteiger partial charge in [-0.1, -0.05) is 18.2 Å². The Labute approximate surface area is 100 Å². The summed E-state index contributed by atoms with van der Waals surface area (Å²) in [6, 6.07) is 5.43. The van der Waals surface area contributed by atoms with Gasteiger partial charge in [0.1, 0.15) is 11.3 Å². The van der Waals surface area contributed by atoms with E-state index in [1.807, 2.05) is 0 Å². The standard InChI is InChI=1S/C11H10F3NO3/c12-11(13,14)18-8-4-2-1-3-6(8)7-5-10(7,15)9(16)17/h1-4,7H,5,15H2,(H,16,17)/t7-,10+/m1/s1. The van der Waals surface area contributed by atoms with E-state index in [4.69, 9.17) is 10.8 Å². The molecule has 4 nitrogen and oxygen atoms in total. The summed E-state index contributed by atoms with van der Waals surface area (Å²) in [6.45, 7) is 0. The molecule has 0 heterocycles. The highest BCUT2D eigenvalue weighted by atomic mass is 19.4. The molecule has 2 rings (SSSR count). The van der Waals surface area contributed by atoms with E-state index in [0.717, 1.165) is 6.07 Å². The Morgan fingerprint density at radius 3 is 2.56 bits per heavy atom. The van der Waals surface area contributed by atoms with Crippen LogP contribution in [0, 0.1) is 0 Å². The summed E-state index contributed by atoms with van der Waals surface area (Å²) in [4.78, 5) is 10.9. The van der Waals surface area contributed by atoms with E-state index in [2.05, 4.69) is 4.74 Å². The average molecular weight is 261 g/mol. The highest BCUT2D eigenvalue weighted by Gasteiger charge is 2.59. The number of alkyl halides is 3. The van der Waals surface area contributed by atoms with Gasteiger partial charge in [0.05, 0.1) is 0 Å². The van der Waals surface area contributed by atoms with Crippen molar-refractivity contribution in [3.63, 3.8) is 0 Å². The number of carboxylic acid groups (broad SMARTS) is 1. The lowest BCUT2D eigenvalue weighted by Gasteiger charge is -2.14. The third-order valence-electron chi connectivity index (χ3n) is 2.92. The van der Waals surface area contributed by atoms with Crippen molar-refractivity contribution in [2.75, 3.05) is 0 Å². The van der Waals surface area contributed by atoms with Crippen LogP contribution in [-0.4, -0.2) is 23.0 Å². The summed E-state index contributed by atoms with van der Waals surface area (Å²) < 4.78 is 40.4. The van der Waals surface area contributed by atoms with Crippen molar-refractivity contribution in [2.24, 2.45) is 5.73 Å². The number of carbonyl (C=O) groups is 1. The van der Waals surface area contributed by atoms with Gasteiger partial charge >= 0.3 is 12.3 Å². The van der Waals surface area contributed by atoms with Crippen molar-refractivity contribution < 1.29 is 27.8 Å². The minimum atomic E-state index is -4.81. The minimum absolute atomic E-state index is 0.0978. The van der Waals surface area contributed by atoms with Gasteiger partial charge in [0.2, 0.25) is 0 Å². The Balaban J connectivity index is 2.28. The van der Waals surface area contributed by atoms with Crippen LogP contribution in [0.5, 0.6) is 5.75 Å². The summed E-state index contributed by atoms with van der Waals surface area (Å²) >= 11 is 0. The first-order valence-electron chi connectivity index (χ1n) is 5.11. The number of halogens is 3. The molecule has 0 unspecified atom stereocenters. The molecule has 1 aromatic carbocycles. The van der Waals surface area contributed by atoms with Gasteiger partial charge in [0.25, 0.3) is 0 Å². The molecule has 3 N–H and O–H groups in total. The monoisotopic (exact) mass is 261 g/mol. The number of nitrogens with two attached hydrogens (primary N) is 1. The second-order valence-corrected chi connectivity index (χ2v) is 4.19. The molecular formula is C11H10F3NO3. The number of para-hydroxylation sites is 1. The van der Waals surface area contributed by atoms with Crippen molar-refractivity contribution in [2.45, 2.75) is 24.2 Å². The Hall–Kier alpha value is -1.76. The predicted octanol–water partition coefficient (Wildman–Crippen LogP) is 1.85. The van der Waals surface area contributed by atoms with Gasteiger partial charge < -0.3 is 15.6 Å². The van der Waals surface area contributed by atoms with Crippen LogP contribution >= 0.6 is 0 Å². The van der Waals surface area contributed by atoms with Crippen molar-refractivity contribution >= 4 is 5.97 Å². The van der Waals surface area contributed by atoms with E-state index >= 15 is 0 Å². The van der Waals surface area contributed by atoms with E-state index in [1.54, 1.807) is 0 Å². The van der Waals surface area contributed by atoms with E-state index < -0.39 is 29.5 Å². The Morgan fingerprint density at radius 1 is 1.44 bits per heavy atom. The van der Waals surface area contributed by atoms with Crippen molar-refractivity contribution in [3.8, 4) is 5.75 Å². The quantitative estimate of drug-likeness (QED) is 0.871. The lowest BCUT2D eigenvalue weighted by Crippen LogP contribution is -2.34. The second-order valence-electron chi connectivity index (χ2n) is 4.19. The summed E-state index contributed by atoms with van der Waals surface area (Å²) in [5.74, 6) is -2.29. The number of benzene rings is 1. The molecule has 2 atom stereocenters. The molecular weight excluding hydrogens is 251 g/mol. The Bertz CT molecular complexity index is 489. The van der Waals surface area contributed by atoms with Crippen LogP contribution in [0.1, 0.15) is 17.9 Å². The zero-order valence-corrected chi connectivity index (χ0v) is 9.07. The lowest BCUT2D eigenvalue weighted by molar-refractivity contribution is -0.274. The van der Waals surface area contributed by atoms with Crippen LogP contribution in [0.25, 0.3) is 0 Å². The summed E-state index contributed by atoms with van der Waals surface area (Å²) in [6.07, 6.45) is -4.72. The highest BCUT2D eigenvalue weighted by molar-refractivity contribution is 5.85. The smallest absolute Gasteiger partial charge is 0.480 e. The molecule has 0 amide bonds. The number of ether oxygens (including phenoxy) is 1. The maximum atomic E-state index is 12.2. The maximum absolute atomic E-state index is 12.2. The zero-order chi connectivity index (χ0) is 13.6. The fourth-order valence-corrected chi connectivity index (χ4v) is 1.89. The summed E-state index contributed by atoms with van der Waals surface area (Å²) in [5.41, 5.74) is 4.23. The number of rotatable bonds is 3. The molecule has 98 valence electrons. The molecule has 1 aliphatic rings. The van der Waals surface area contributed by atoms with Gasteiger partial charge in [0.15, 0.2) is 0 Å². The van der Waals surface area contributed by atoms with E-state index in [1.165, 1.54) is 18.2 Å². The first-order valence-corrected chi connectivity index (χ1v) is 5.11. The summed E-state index contributed by atoms with van der Waals surface area (Å²) in [5, 5.41) is 8.88. The van der Waals surface area contributed by atoms with Crippen LogP contribution in [0.4, 0.5) is 13.2 Å². The fourth-order valence-electron chi connectivity index (χ4n) is 1.89. The van der Waals surface area contributed by atoms with Crippen molar-refractivity contribution in [1.29, 1.82) is 0 Å². The van der Waals surface area contributed by atoms with Gasteiger partial charge in [-0.15, -0.1) is 13.2 Å². The average Bonchev–Trinajstić information content (AvgIpc) is 2.91. The molecule has 7 heteroatoms. The third-order valence-corrected chi connectivity index (χ3v) is 2.92. The molecule has 0 bridgehead atoms. The summed E-state index contributed by atoms with van der Waals surface area (Å²) in [7, 11) is 0. The molecule has 1 fully saturated rings. The van der Waals surface area contributed by atoms with Crippen molar-refractivity contribution in [3.05, 3.63) is 29.8 Å². The topological polar surface area (TPSA) is 72.6 Å². The number of hydrogen-bond donors (Lipinski definition) is 2. The Morgan fingerprint density at radius 2 is 2.06 bits per heavy atom. The largest absolute Gasteiger partial charge is 0.573 e. The van der Waals surface area contributed by atoms with Gasteiger partial charge in [-0.25, -0.2) is 0 Å². The normalized spacial score (nSPS) is 26.8. The van der Waals surface area contributed by atoms with Gasteiger partial charge in [-0.3, -0.25) is 4.79 Å². The third kappa shape index (κ3) is 2.26. The molecule has 1 aromatic rings. The van der Waals surface area contributed by atoms with Crippen LogP contribution in [0.15, 0.2) is 24.3 Å². The van der Waals surface area contributed by atoms with Crippen LogP contribution in [0.3, 0.4) is 0 Å². The van der Waals surface area contributed by atoms with E-state index in [9.17, 15) is 18.0 Å². The SMILES string of the molecule is N[C@@]1(C(=O)O)C[C@@H]1c1ccccc1OC(F)(F)F. The van der Waals surface area contributed by atoms with Crippen LogP contribution in [0.2, 0.25) is 0 Å². The number of aliphatic carboxylic acids is 1. The number of carboxylic acids is 1. The highest BCUT2D eigenvalue weighted by Crippen LogP contribution is 2.52. The van der Waals surface area contributed by atoms with Gasteiger partial charge in [-0.05, 0) is 12.5 Å². The van der Waals surface area contributed by atoms with Crippen LogP contribution in [-0.2, 0) is 4.79 Å². The molecule has 1 aliphatic carbocycles. The molecule has 0 saturated heterocycles.